The fourth-order valence-electron chi connectivity index (χ4n) is 10.8. The molecule has 9 N–H and O–H groups in total. The number of rotatable bonds is 54. The number of hydrogen-bond acceptors (Lipinski definition) is 13. The average Bonchev–Trinajstić information content (AvgIpc) is 3.66. The van der Waals surface area contributed by atoms with Crippen LogP contribution in [0.4, 0.5) is 0 Å². The molecule has 0 radical (unpaired) electrons. The number of hydrogen-bond donors (Lipinski definition) is 9. The van der Waals surface area contributed by atoms with Gasteiger partial charge in [0.25, 0.3) is 0 Å². The molecule has 2 aliphatic rings. The van der Waals surface area contributed by atoms with Crippen molar-refractivity contribution in [3.8, 4) is 0 Å². The molecule has 0 bridgehead atoms. The number of allylic oxidation sites excluding steroid dienone is 9. The highest BCUT2D eigenvalue weighted by Crippen LogP contribution is 2.30. The summed E-state index contributed by atoms with van der Waals surface area (Å²) in [5, 5.41) is 87.3. The molecule has 2 rings (SSSR count). The van der Waals surface area contributed by atoms with E-state index in [1.807, 2.05) is 6.08 Å². The fraction of sp³-hybridized carbons (Fsp3) is 0.838. The number of nitrogens with one attached hydrogen (secondary N) is 1. The van der Waals surface area contributed by atoms with Crippen molar-refractivity contribution in [1.29, 1.82) is 0 Å². The Bertz CT molecular complexity index is 1610. The minimum atomic E-state index is -1.80. The predicted molar refractivity (Wildman–Crippen MR) is 332 cm³/mol. The van der Waals surface area contributed by atoms with Gasteiger partial charge in [0.05, 0.1) is 32.0 Å². The van der Waals surface area contributed by atoms with Gasteiger partial charge in [-0.25, -0.2) is 0 Å². The van der Waals surface area contributed by atoms with Gasteiger partial charge in [-0.05, 0) is 77.0 Å². The maximum atomic E-state index is 13.3. The second-order valence-corrected chi connectivity index (χ2v) is 23.6. The summed E-state index contributed by atoms with van der Waals surface area (Å²) in [5.41, 5.74) is 0. The normalized spacial score (nSPS) is 24.3. The van der Waals surface area contributed by atoms with Crippen molar-refractivity contribution >= 4 is 5.91 Å². The van der Waals surface area contributed by atoms with E-state index in [1.165, 1.54) is 180 Å². The smallest absolute Gasteiger partial charge is 0.220 e. The molecule has 0 aromatic rings. The lowest BCUT2D eigenvalue weighted by molar-refractivity contribution is -0.359. The van der Waals surface area contributed by atoms with Crippen molar-refractivity contribution in [2.45, 2.75) is 344 Å². The van der Waals surface area contributed by atoms with E-state index >= 15 is 0 Å². The zero-order valence-electron chi connectivity index (χ0n) is 51.7. The van der Waals surface area contributed by atoms with Crippen LogP contribution in [0.3, 0.4) is 0 Å². The SMILES string of the molecule is CCCCCCC/C=C\C/C=C\CCCCCCCCCCCC(=O)NC(COC1OC(CO)C(OC2OC(CO)C(O)C(O)C2O)C(O)C1O)C(O)/C=C/CC/C=C/CC/C=C/CCCCCCCCCCCCCCCCCCC. The summed E-state index contributed by atoms with van der Waals surface area (Å²) in [4.78, 5) is 13.3. The first-order chi connectivity index (χ1) is 40.1. The third-order valence-electron chi connectivity index (χ3n) is 16.2. The van der Waals surface area contributed by atoms with E-state index in [1.54, 1.807) is 6.08 Å². The van der Waals surface area contributed by atoms with E-state index in [0.29, 0.717) is 12.8 Å². The molecule has 2 aliphatic heterocycles. The van der Waals surface area contributed by atoms with Gasteiger partial charge >= 0.3 is 0 Å². The lowest BCUT2D eigenvalue weighted by Crippen LogP contribution is -2.65. The second-order valence-electron chi connectivity index (χ2n) is 23.6. The van der Waals surface area contributed by atoms with E-state index in [9.17, 15) is 45.6 Å². The number of aliphatic hydroxyl groups excluding tert-OH is 8. The molecule has 1 amide bonds. The molecule has 0 spiro atoms. The largest absolute Gasteiger partial charge is 0.394 e. The van der Waals surface area contributed by atoms with Crippen LogP contribution in [0.15, 0.2) is 60.8 Å². The number of ether oxygens (including phenoxy) is 4. The molecule has 14 nitrogen and oxygen atoms in total. The van der Waals surface area contributed by atoms with Crippen molar-refractivity contribution in [3.63, 3.8) is 0 Å². The standard InChI is InChI=1S/C68H123NO13/c1-3-5-7-9-11-13-15-17-19-21-23-25-26-27-28-29-30-32-33-35-37-39-41-43-45-47-49-51-57(72)56(55-79-67-65(78)63(76)66(59(54-71)81-67)82-68-64(77)62(75)61(74)58(53-70)80-68)69-60(73)52-50-48-46-44-42-40-38-36-34-31-24-22-20-18-16-14-12-10-8-6-4-2/h16,18,22,24,33,35,41,43,49,51,56-59,61-68,70-72,74-78H,3-15,17,19-21,23,25-32,34,36-40,42,44-48,50,52-55H2,1-2H3,(H,69,73)/b18-16-,24-22-,35-33+,43-41+,51-49+. The van der Waals surface area contributed by atoms with Crippen molar-refractivity contribution < 1.29 is 64.6 Å². The summed E-state index contributed by atoms with van der Waals surface area (Å²) < 4.78 is 22.8. The molecule has 12 atom stereocenters. The number of unbranched alkanes of at least 4 members (excludes halogenated alkanes) is 33. The summed E-state index contributed by atoms with van der Waals surface area (Å²) in [5.74, 6) is -0.257. The van der Waals surface area contributed by atoms with Crippen LogP contribution in [0.5, 0.6) is 0 Å². The molecule has 2 saturated heterocycles. The van der Waals surface area contributed by atoms with Crippen LogP contribution < -0.4 is 5.32 Å². The van der Waals surface area contributed by atoms with Gasteiger partial charge in [0.2, 0.25) is 5.91 Å². The molecule has 478 valence electrons. The summed E-state index contributed by atoms with van der Waals surface area (Å²) in [6.07, 6.45) is 52.7. The number of carbonyl (C=O) groups excluding carboxylic acids is 1. The quantitative estimate of drug-likeness (QED) is 0.0204. The van der Waals surface area contributed by atoms with Gasteiger partial charge in [-0.3, -0.25) is 4.79 Å². The van der Waals surface area contributed by atoms with Crippen LogP contribution in [-0.2, 0) is 23.7 Å². The van der Waals surface area contributed by atoms with Crippen molar-refractivity contribution in [2.24, 2.45) is 0 Å². The Kier molecular flexibility index (Phi) is 49.0. The van der Waals surface area contributed by atoms with E-state index in [-0.39, 0.29) is 18.9 Å². The maximum absolute atomic E-state index is 13.3. The Balaban J connectivity index is 1.74. The first-order valence-electron chi connectivity index (χ1n) is 33.5. The summed E-state index contributed by atoms with van der Waals surface area (Å²) in [6.45, 7) is 2.78. The second kappa shape index (κ2) is 53.0. The molecule has 82 heavy (non-hydrogen) atoms. The Morgan fingerprint density at radius 2 is 0.817 bits per heavy atom. The highest BCUT2D eigenvalue weighted by atomic mass is 16.7. The van der Waals surface area contributed by atoms with Crippen molar-refractivity contribution in [1.82, 2.24) is 5.32 Å². The van der Waals surface area contributed by atoms with E-state index in [4.69, 9.17) is 18.9 Å². The molecule has 0 saturated carbocycles. The van der Waals surface area contributed by atoms with E-state index in [0.717, 1.165) is 57.8 Å². The van der Waals surface area contributed by atoms with Gasteiger partial charge < -0.3 is 65.1 Å². The number of carbonyl (C=O) groups is 1. The van der Waals surface area contributed by atoms with Crippen LogP contribution in [0.2, 0.25) is 0 Å². The molecule has 12 unspecified atom stereocenters. The predicted octanol–water partition coefficient (Wildman–Crippen LogP) is 12.9. The molecule has 0 aromatic carbocycles. The highest BCUT2D eigenvalue weighted by molar-refractivity contribution is 5.76. The molecule has 14 heteroatoms. The van der Waals surface area contributed by atoms with Crippen LogP contribution in [0.25, 0.3) is 0 Å². The first kappa shape index (κ1) is 75.8. The zero-order valence-corrected chi connectivity index (χ0v) is 51.7. The summed E-state index contributed by atoms with van der Waals surface area (Å²) in [7, 11) is 0. The van der Waals surface area contributed by atoms with E-state index in [2.05, 4.69) is 67.8 Å². The third kappa shape index (κ3) is 37.3. The van der Waals surface area contributed by atoms with Gasteiger partial charge in [0.15, 0.2) is 12.6 Å². The highest BCUT2D eigenvalue weighted by Gasteiger charge is 2.51. The Hall–Kier alpha value is -2.31. The minimum Gasteiger partial charge on any atom is -0.394 e. The molecule has 2 fully saturated rings. The molecule has 0 aliphatic carbocycles. The third-order valence-corrected chi connectivity index (χ3v) is 16.2. The average molecular weight is 1160 g/mol. The molecular formula is C68H123NO13. The number of aliphatic hydroxyl groups is 8. The fourth-order valence-corrected chi connectivity index (χ4v) is 10.8. The van der Waals surface area contributed by atoms with Gasteiger partial charge in [-0.1, -0.05) is 248 Å². The van der Waals surface area contributed by atoms with Crippen LogP contribution in [0.1, 0.15) is 271 Å². The van der Waals surface area contributed by atoms with Crippen molar-refractivity contribution in [2.75, 3.05) is 19.8 Å². The zero-order chi connectivity index (χ0) is 59.5. The van der Waals surface area contributed by atoms with Crippen LogP contribution in [0, 0.1) is 0 Å². The lowest BCUT2D eigenvalue weighted by Gasteiger charge is -2.46. The maximum Gasteiger partial charge on any atom is 0.220 e. The minimum absolute atomic E-state index is 0.257. The van der Waals surface area contributed by atoms with Crippen LogP contribution >= 0.6 is 0 Å². The van der Waals surface area contributed by atoms with Crippen LogP contribution in [-0.4, -0.2) is 140 Å². The molecular weight excluding hydrogens is 1040 g/mol. The Morgan fingerprint density at radius 3 is 1.27 bits per heavy atom. The summed E-state index contributed by atoms with van der Waals surface area (Å²) >= 11 is 0. The monoisotopic (exact) mass is 1160 g/mol. The molecule has 0 aromatic heterocycles. The van der Waals surface area contributed by atoms with Gasteiger partial charge in [0, 0.05) is 6.42 Å². The topological polar surface area (TPSA) is 228 Å². The van der Waals surface area contributed by atoms with E-state index < -0.39 is 86.8 Å². The lowest BCUT2D eigenvalue weighted by atomic mass is 9.97. The van der Waals surface area contributed by atoms with Crippen molar-refractivity contribution in [3.05, 3.63) is 60.8 Å². The van der Waals surface area contributed by atoms with Gasteiger partial charge in [0.1, 0.15) is 48.8 Å². The first-order valence-corrected chi connectivity index (χ1v) is 33.5. The van der Waals surface area contributed by atoms with Gasteiger partial charge in [-0.15, -0.1) is 0 Å². The molecule has 2 heterocycles. The Morgan fingerprint density at radius 1 is 0.439 bits per heavy atom. The van der Waals surface area contributed by atoms with Gasteiger partial charge in [-0.2, -0.15) is 0 Å². The number of amides is 1. The summed E-state index contributed by atoms with van der Waals surface area (Å²) in [6, 6.07) is -0.944. The Labute approximate surface area is 498 Å².